The van der Waals surface area contributed by atoms with Crippen LogP contribution in [0.15, 0.2) is 36.4 Å². The number of pyridine rings is 1. The number of carbonyl (C=O) groups excluding carboxylic acids is 1. The van der Waals surface area contributed by atoms with E-state index >= 15 is 0 Å². The van der Waals surface area contributed by atoms with E-state index in [4.69, 9.17) is 9.47 Å². The first-order valence-corrected chi connectivity index (χ1v) is 7.50. The molecule has 1 N–H and O–H groups in total. The molecule has 0 aliphatic rings. The monoisotopic (exact) mass is 325 g/mol. The fourth-order valence-corrected chi connectivity index (χ4v) is 2.76. The summed E-state index contributed by atoms with van der Waals surface area (Å²) in [7, 11) is 5.03. The van der Waals surface area contributed by atoms with E-state index in [1.807, 2.05) is 38.2 Å². The maximum Gasteiger partial charge on any atom is 0.273 e. The standard InChI is InChI=1S/C18H19N3O3/c1-11-6-5-7-16(19-11)20-18(22)13-10-12-14(23-3)8-9-15(24-4)17(12)21(13)2/h5-10H,1-4H3,(H,19,20,22). The average molecular weight is 325 g/mol. The number of ether oxygens (including phenoxy) is 2. The molecule has 0 spiro atoms. The molecule has 0 radical (unpaired) electrons. The van der Waals surface area contributed by atoms with Crippen LogP contribution in [0.4, 0.5) is 5.82 Å². The van der Waals surface area contributed by atoms with Crippen molar-refractivity contribution in [1.82, 2.24) is 9.55 Å². The number of carbonyl (C=O) groups is 1. The summed E-state index contributed by atoms with van der Waals surface area (Å²) in [6.45, 7) is 1.88. The van der Waals surface area contributed by atoms with Crippen LogP contribution in [0.3, 0.4) is 0 Å². The van der Waals surface area contributed by atoms with E-state index in [-0.39, 0.29) is 5.91 Å². The van der Waals surface area contributed by atoms with Crippen LogP contribution in [0.2, 0.25) is 0 Å². The SMILES string of the molecule is COc1ccc(OC)c2c1cc(C(=O)Nc1cccc(C)n1)n2C. The fraction of sp³-hybridized carbons (Fsp3) is 0.222. The number of anilines is 1. The Bertz CT molecular complexity index is 915. The summed E-state index contributed by atoms with van der Waals surface area (Å²) in [5.41, 5.74) is 2.14. The lowest BCUT2D eigenvalue weighted by Crippen LogP contribution is -2.16. The van der Waals surface area contributed by atoms with Crippen molar-refractivity contribution in [3.63, 3.8) is 0 Å². The molecule has 0 bridgehead atoms. The maximum absolute atomic E-state index is 12.7. The van der Waals surface area contributed by atoms with E-state index < -0.39 is 0 Å². The van der Waals surface area contributed by atoms with Gasteiger partial charge in [0.05, 0.1) is 19.7 Å². The normalized spacial score (nSPS) is 10.7. The lowest BCUT2D eigenvalue weighted by Gasteiger charge is -2.09. The van der Waals surface area contributed by atoms with Crippen LogP contribution in [-0.4, -0.2) is 29.7 Å². The Morgan fingerprint density at radius 2 is 1.83 bits per heavy atom. The molecule has 0 aliphatic heterocycles. The number of hydrogen-bond acceptors (Lipinski definition) is 4. The summed E-state index contributed by atoms with van der Waals surface area (Å²) in [4.78, 5) is 17.0. The zero-order chi connectivity index (χ0) is 17.3. The topological polar surface area (TPSA) is 65.4 Å². The highest BCUT2D eigenvalue weighted by molar-refractivity contribution is 6.07. The summed E-state index contributed by atoms with van der Waals surface area (Å²) in [5, 5.41) is 3.64. The number of rotatable bonds is 4. The third kappa shape index (κ3) is 2.67. The van der Waals surface area contributed by atoms with E-state index in [9.17, 15) is 4.79 Å². The number of hydrogen-bond donors (Lipinski definition) is 1. The minimum atomic E-state index is -0.240. The number of aromatic nitrogens is 2. The van der Waals surface area contributed by atoms with Gasteiger partial charge in [-0.3, -0.25) is 4.79 Å². The molecule has 0 unspecified atom stereocenters. The van der Waals surface area contributed by atoms with Gasteiger partial charge in [-0.25, -0.2) is 4.98 Å². The summed E-state index contributed by atoms with van der Waals surface area (Å²) < 4.78 is 12.6. The highest BCUT2D eigenvalue weighted by Crippen LogP contribution is 2.35. The van der Waals surface area contributed by atoms with Crippen LogP contribution in [0.1, 0.15) is 16.2 Å². The second kappa shape index (κ2) is 6.23. The van der Waals surface area contributed by atoms with Gasteiger partial charge in [0, 0.05) is 18.1 Å². The van der Waals surface area contributed by atoms with Crippen molar-refractivity contribution >= 4 is 22.6 Å². The molecule has 0 saturated heterocycles. The van der Waals surface area contributed by atoms with Gasteiger partial charge < -0.3 is 19.4 Å². The Balaban J connectivity index is 2.06. The van der Waals surface area contributed by atoms with Crippen LogP contribution >= 0.6 is 0 Å². The quantitative estimate of drug-likeness (QED) is 0.800. The second-order valence-corrected chi connectivity index (χ2v) is 5.44. The lowest BCUT2D eigenvalue weighted by molar-refractivity contribution is 0.101. The molecular formula is C18H19N3O3. The van der Waals surface area contributed by atoms with Gasteiger partial charge in [-0.05, 0) is 37.3 Å². The van der Waals surface area contributed by atoms with Gasteiger partial charge in [-0.1, -0.05) is 6.07 Å². The van der Waals surface area contributed by atoms with Crippen molar-refractivity contribution in [2.75, 3.05) is 19.5 Å². The summed E-state index contributed by atoms with van der Waals surface area (Å²) >= 11 is 0. The Kier molecular flexibility index (Phi) is 4.12. The van der Waals surface area contributed by atoms with Crippen molar-refractivity contribution in [1.29, 1.82) is 0 Å². The number of amides is 1. The summed E-state index contributed by atoms with van der Waals surface area (Å²) in [6.07, 6.45) is 0. The van der Waals surface area contributed by atoms with Crippen molar-refractivity contribution < 1.29 is 14.3 Å². The largest absolute Gasteiger partial charge is 0.496 e. The van der Waals surface area contributed by atoms with Crippen LogP contribution in [0.25, 0.3) is 10.9 Å². The molecule has 2 aromatic heterocycles. The first-order valence-electron chi connectivity index (χ1n) is 7.50. The van der Waals surface area contributed by atoms with Crippen molar-refractivity contribution in [2.24, 2.45) is 7.05 Å². The van der Waals surface area contributed by atoms with Gasteiger partial charge in [0.2, 0.25) is 0 Å². The molecule has 2 heterocycles. The molecule has 1 amide bonds. The van der Waals surface area contributed by atoms with Gasteiger partial charge in [0.1, 0.15) is 23.0 Å². The molecule has 0 atom stereocenters. The van der Waals surface area contributed by atoms with Crippen molar-refractivity contribution in [2.45, 2.75) is 6.92 Å². The Hall–Kier alpha value is -3.02. The fourth-order valence-electron chi connectivity index (χ4n) is 2.76. The van der Waals surface area contributed by atoms with Crippen LogP contribution < -0.4 is 14.8 Å². The number of fused-ring (bicyclic) bond motifs is 1. The number of aryl methyl sites for hydroxylation is 2. The van der Waals surface area contributed by atoms with E-state index in [0.717, 1.165) is 16.6 Å². The van der Waals surface area contributed by atoms with Gasteiger partial charge in [0.25, 0.3) is 5.91 Å². The molecule has 6 nitrogen and oxygen atoms in total. The van der Waals surface area contributed by atoms with E-state index in [0.29, 0.717) is 23.0 Å². The Labute approximate surface area is 140 Å². The van der Waals surface area contributed by atoms with E-state index in [1.54, 1.807) is 30.9 Å². The number of nitrogens with one attached hydrogen (secondary N) is 1. The summed E-state index contributed by atoms with van der Waals surface area (Å²) in [5.74, 6) is 1.65. The van der Waals surface area contributed by atoms with Crippen LogP contribution in [0, 0.1) is 6.92 Å². The third-order valence-electron chi connectivity index (χ3n) is 3.92. The lowest BCUT2D eigenvalue weighted by atomic mass is 10.2. The van der Waals surface area contributed by atoms with E-state index in [2.05, 4.69) is 10.3 Å². The molecule has 6 heteroatoms. The minimum Gasteiger partial charge on any atom is -0.496 e. The molecule has 24 heavy (non-hydrogen) atoms. The molecular weight excluding hydrogens is 306 g/mol. The smallest absolute Gasteiger partial charge is 0.273 e. The zero-order valence-electron chi connectivity index (χ0n) is 14.1. The Morgan fingerprint density at radius 1 is 1.12 bits per heavy atom. The highest BCUT2D eigenvalue weighted by atomic mass is 16.5. The molecule has 0 saturated carbocycles. The summed E-state index contributed by atoms with van der Waals surface area (Å²) in [6, 6.07) is 10.9. The van der Waals surface area contributed by atoms with E-state index in [1.165, 1.54) is 0 Å². The first-order chi connectivity index (χ1) is 11.5. The maximum atomic E-state index is 12.7. The molecule has 1 aromatic carbocycles. The van der Waals surface area contributed by atoms with Gasteiger partial charge in [-0.2, -0.15) is 0 Å². The predicted octanol–water partition coefficient (Wildman–Crippen LogP) is 3.15. The minimum absolute atomic E-state index is 0.240. The van der Waals surface area contributed by atoms with Crippen molar-refractivity contribution in [3.05, 3.63) is 47.8 Å². The molecule has 124 valence electrons. The van der Waals surface area contributed by atoms with Crippen LogP contribution in [0.5, 0.6) is 11.5 Å². The van der Waals surface area contributed by atoms with Gasteiger partial charge in [-0.15, -0.1) is 0 Å². The van der Waals surface area contributed by atoms with Crippen molar-refractivity contribution in [3.8, 4) is 11.5 Å². The zero-order valence-corrected chi connectivity index (χ0v) is 14.1. The molecule has 3 rings (SSSR count). The number of nitrogens with zero attached hydrogens (tertiary/aromatic N) is 2. The predicted molar refractivity (Wildman–Crippen MR) is 93.0 cm³/mol. The first kappa shape index (κ1) is 15.9. The molecule has 3 aromatic rings. The Morgan fingerprint density at radius 3 is 2.50 bits per heavy atom. The second-order valence-electron chi connectivity index (χ2n) is 5.44. The van der Waals surface area contributed by atoms with Gasteiger partial charge in [0.15, 0.2) is 0 Å². The molecule has 0 fully saturated rings. The number of benzene rings is 1. The van der Waals surface area contributed by atoms with Gasteiger partial charge >= 0.3 is 0 Å². The average Bonchev–Trinajstić information content (AvgIpc) is 2.92. The number of methoxy groups -OCH3 is 2. The molecule has 0 aliphatic carbocycles. The third-order valence-corrected chi connectivity index (χ3v) is 3.92. The van der Waals surface area contributed by atoms with Crippen LogP contribution in [-0.2, 0) is 7.05 Å². The highest BCUT2D eigenvalue weighted by Gasteiger charge is 2.19.